The molecule has 2 aromatic rings. The molecular weight excluding hydrogens is 334 g/mol. The zero-order valence-electron chi connectivity index (χ0n) is 13.2. The maximum absolute atomic E-state index is 13.5. The fourth-order valence-corrected chi connectivity index (χ4v) is 2.90. The molecule has 0 saturated carbocycles. The van der Waals surface area contributed by atoms with Gasteiger partial charge in [0.15, 0.2) is 0 Å². The number of carbonyl (C=O) groups excluding carboxylic acids is 2. The van der Waals surface area contributed by atoms with Crippen LogP contribution in [0.3, 0.4) is 0 Å². The lowest BCUT2D eigenvalue weighted by Crippen LogP contribution is -2.34. The van der Waals surface area contributed by atoms with Crippen molar-refractivity contribution in [3.05, 3.63) is 57.8 Å². The molecule has 1 N–H and O–H groups in total. The molecule has 0 radical (unpaired) electrons. The van der Waals surface area contributed by atoms with Gasteiger partial charge in [-0.15, -0.1) is 11.3 Å². The normalized spacial score (nSPS) is 10.5. The Balaban J connectivity index is 1.83. The number of hydrogen-bond acceptors (Lipinski definition) is 3. The van der Waals surface area contributed by atoms with Crippen LogP contribution in [0.5, 0.6) is 0 Å². The molecule has 2 amide bonds. The molecule has 0 spiro atoms. The topological polar surface area (TPSA) is 49.4 Å². The van der Waals surface area contributed by atoms with Crippen molar-refractivity contribution in [2.45, 2.75) is 19.9 Å². The smallest absolute Gasteiger partial charge is 0.254 e. The maximum Gasteiger partial charge on any atom is 0.254 e. The summed E-state index contributed by atoms with van der Waals surface area (Å²) in [6.07, 6.45) is 0.119. The molecular formula is C17H18F2N2O2S. The van der Waals surface area contributed by atoms with Crippen LogP contribution < -0.4 is 5.32 Å². The molecule has 0 bridgehead atoms. The van der Waals surface area contributed by atoms with E-state index in [4.69, 9.17) is 0 Å². The Morgan fingerprint density at radius 1 is 1.25 bits per heavy atom. The van der Waals surface area contributed by atoms with Crippen LogP contribution in [0.1, 0.15) is 28.6 Å². The quantitative estimate of drug-likeness (QED) is 0.832. The Morgan fingerprint density at radius 2 is 2.04 bits per heavy atom. The number of rotatable bonds is 7. The second-order valence-electron chi connectivity index (χ2n) is 5.12. The summed E-state index contributed by atoms with van der Waals surface area (Å²) in [7, 11) is 0. The summed E-state index contributed by atoms with van der Waals surface area (Å²) in [5, 5.41) is 4.43. The summed E-state index contributed by atoms with van der Waals surface area (Å²) in [5.74, 6) is -2.43. The summed E-state index contributed by atoms with van der Waals surface area (Å²) in [6.45, 7) is 3.08. The van der Waals surface area contributed by atoms with Crippen molar-refractivity contribution in [2.24, 2.45) is 0 Å². The summed E-state index contributed by atoms with van der Waals surface area (Å²) in [5.41, 5.74) is -0.241. The van der Waals surface area contributed by atoms with Gasteiger partial charge >= 0.3 is 0 Å². The highest BCUT2D eigenvalue weighted by Crippen LogP contribution is 2.12. The zero-order valence-corrected chi connectivity index (χ0v) is 14.0. The standard InChI is InChI=1S/C17H18F2N2O2S/c1-2-21(11-13-4-3-9-24-13)16(22)7-8-20-17(23)14-6-5-12(18)10-15(14)19/h3-6,9-10H,2,7-8,11H2,1H3,(H,20,23). The van der Waals surface area contributed by atoms with Crippen LogP contribution >= 0.6 is 11.3 Å². The lowest BCUT2D eigenvalue weighted by molar-refractivity contribution is -0.131. The number of thiophene rings is 1. The number of nitrogens with zero attached hydrogens (tertiary/aromatic N) is 1. The third kappa shape index (κ3) is 4.86. The molecule has 1 heterocycles. The zero-order chi connectivity index (χ0) is 17.5. The number of nitrogens with one attached hydrogen (secondary N) is 1. The first kappa shape index (κ1) is 18.1. The van der Waals surface area contributed by atoms with Crippen molar-refractivity contribution >= 4 is 23.2 Å². The summed E-state index contributed by atoms with van der Waals surface area (Å²) < 4.78 is 26.3. The van der Waals surface area contributed by atoms with Gasteiger partial charge in [0.05, 0.1) is 12.1 Å². The van der Waals surface area contributed by atoms with Gasteiger partial charge in [-0.2, -0.15) is 0 Å². The maximum atomic E-state index is 13.5. The van der Waals surface area contributed by atoms with E-state index in [-0.39, 0.29) is 24.4 Å². The van der Waals surface area contributed by atoms with Gasteiger partial charge in [0.1, 0.15) is 11.6 Å². The van der Waals surface area contributed by atoms with E-state index in [1.165, 1.54) is 0 Å². The van der Waals surface area contributed by atoms with Gasteiger partial charge in [-0.3, -0.25) is 9.59 Å². The molecule has 0 aliphatic carbocycles. The Kier molecular flexibility index (Phi) is 6.43. The minimum atomic E-state index is -0.924. The predicted octanol–water partition coefficient (Wildman–Crippen LogP) is 3.19. The van der Waals surface area contributed by atoms with Crippen LogP contribution in [0.4, 0.5) is 8.78 Å². The van der Waals surface area contributed by atoms with E-state index in [1.807, 2.05) is 24.4 Å². The average molecular weight is 352 g/mol. The largest absolute Gasteiger partial charge is 0.351 e. The van der Waals surface area contributed by atoms with Gasteiger partial charge in [0, 0.05) is 30.5 Å². The summed E-state index contributed by atoms with van der Waals surface area (Å²) >= 11 is 1.58. The number of benzene rings is 1. The number of carbonyl (C=O) groups is 2. The molecule has 2 rings (SSSR count). The van der Waals surface area contributed by atoms with Crippen molar-refractivity contribution in [2.75, 3.05) is 13.1 Å². The molecule has 1 aromatic carbocycles. The van der Waals surface area contributed by atoms with E-state index in [0.29, 0.717) is 19.2 Å². The van der Waals surface area contributed by atoms with E-state index in [0.717, 1.165) is 17.0 Å². The molecule has 0 saturated heterocycles. The van der Waals surface area contributed by atoms with E-state index in [2.05, 4.69) is 5.32 Å². The van der Waals surface area contributed by atoms with Gasteiger partial charge in [-0.1, -0.05) is 6.07 Å². The van der Waals surface area contributed by atoms with E-state index < -0.39 is 17.5 Å². The molecule has 0 fully saturated rings. The van der Waals surface area contributed by atoms with Crippen LogP contribution in [-0.2, 0) is 11.3 Å². The van der Waals surface area contributed by atoms with Gasteiger partial charge in [-0.25, -0.2) is 8.78 Å². The van der Waals surface area contributed by atoms with E-state index in [1.54, 1.807) is 16.2 Å². The fourth-order valence-electron chi connectivity index (χ4n) is 2.18. The summed E-state index contributed by atoms with van der Waals surface area (Å²) in [6, 6.07) is 6.63. The van der Waals surface area contributed by atoms with Crippen LogP contribution in [-0.4, -0.2) is 29.8 Å². The highest BCUT2D eigenvalue weighted by molar-refractivity contribution is 7.09. The third-order valence-corrected chi connectivity index (χ3v) is 4.32. The molecule has 128 valence electrons. The van der Waals surface area contributed by atoms with Crippen LogP contribution in [0.15, 0.2) is 35.7 Å². The van der Waals surface area contributed by atoms with Crippen molar-refractivity contribution in [1.29, 1.82) is 0 Å². The first-order valence-electron chi connectivity index (χ1n) is 7.54. The number of hydrogen-bond donors (Lipinski definition) is 1. The Labute approximate surface area is 143 Å². The van der Waals surface area contributed by atoms with E-state index in [9.17, 15) is 18.4 Å². The predicted molar refractivity (Wildman–Crippen MR) is 88.7 cm³/mol. The van der Waals surface area contributed by atoms with Crippen molar-refractivity contribution in [3.63, 3.8) is 0 Å². The van der Waals surface area contributed by atoms with Crippen molar-refractivity contribution in [3.8, 4) is 0 Å². The molecule has 0 unspecified atom stereocenters. The lowest BCUT2D eigenvalue weighted by Gasteiger charge is -2.20. The SMILES string of the molecule is CCN(Cc1cccs1)C(=O)CCNC(=O)c1ccc(F)cc1F. The van der Waals surface area contributed by atoms with Gasteiger partial charge in [-0.05, 0) is 30.5 Å². The third-order valence-electron chi connectivity index (χ3n) is 3.46. The molecule has 4 nitrogen and oxygen atoms in total. The highest BCUT2D eigenvalue weighted by atomic mass is 32.1. The van der Waals surface area contributed by atoms with Crippen molar-refractivity contribution in [1.82, 2.24) is 10.2 Å². The monoisotopic (exact) mass is 352 g/mol. The van der Waals surface area contributed by atoms with Crippen LogP contribution in [0.25, 0.3) is 0 Å². The molecule has 1 aromatic heterocycles. The Morgan fingerprint density at radius 3 is 2.67 bits per heavy atom. The first-order chi connectivity index (χ1) is 11.5. The fraction of sp³-hybridized carbons (Fsp3) is 0.294. The van der Waals surface area contributed by atoms with Gasteiger partial charge in [0.25, 0.3) is 5.91 Å². The Bertz CT molecular complexity index is 705. The lowest BCUT2D eigenvalue weighted by atomic mass is 10.2. The average Bonchev–Trinajstić information content (AvgIpc) is 3.05. The second-order valence-corrected chi connectivity index (χ2v) is 6.15. The molecule has 7 heteroatoms. The molecule has 0 aliphatic rings. The molecule has 0 atom stereocenters. The second kappa shape index (κ2) is 8.54. The molecule has 0 aliphatic heterocycles. The van der Waals surface area contributed by atoms with Gasteiger partial charge in [0.2, 0.25) is 5.91 Å². The first-order valence-corrected chi connectivity index (χ1v) is 8.42. The Hall–Kier alpha value is -2.28. The molecule has 24 heavy (non-hydrogen) atoms. The van der Waals surface area contributed by atoms with Crippen molar-refractivity contribution < 1.29 is 18.4 Å². The number of halogens is 2. The van der Waals surface area contributed by atoms with Crippen LogP contribution in [0, 0.1) is 11.6 Å². The highest BCUT2D eigenvalue weighted by Gasteiger charge is 2.15. The summed E-state index contributed by atoms with van der Waals surface area (Å²) in [4.78, 5) is 26.8. The minimum Gasteiger partial charge on any atom is -0.351 e. The van der Waals surface area contributed by atoms with Crippen LogP contribution in [0.2, 0.25) is 0 Å². The number of amides is 2. The minimum absolute atomic E-state index is 0.0919. The van der Waals surface area contributed by atoms with E-state index >= 15 is 0 Å². The van der Waals surface area contributed by atoms with Gasteiger partial charge < -0.3 is 10.2 Å².